The summed E-state index contributed by atoms with van der Waals surface area (Å²) in [5.74, 6) is -4.13. The molecule has 0 bridgehead atoms. The van der Waals surface area contributed by atoms with Gasteiger partial charge in [-0.2, -0.15) is 0 Å². The molecule has 0 saturated heterocycles. The Labute approximate surface area is 170 Å². The number of carbonyl (C=O) groups excluding carboxylic acids is 1. The molecule has 1 aliphatic rings. The molecule has 0 radical (unpaired) electrons. The van der Waals surface area contributed by atoms with Gasteiger partial charge < -0.3 is 10.4 Å². The van der Waals surface area contributed by atoms with Gasteiger partial charge in [0.2, 0.25) is 0 Å². The first-order valence-corrected chi connectivity index (χ1v) is 10.0. The minimum atomic E-state index is -1.59. The van der Waals surface area contributed by atoms with E-state index in [4.69, 9.17) is 11.6 Å². The van der Waals surface area contributed by atoms with Crippen molar-refractivity contribution < 1.29 is 23.1 Å². The molecule has 3 rings (SSSR count). The van der Waals surface area contributed by atoms with Crippen LogP contribution < -0.4 is 5.32 Å². The Morgan fingerprint density at radius 2 is 1.89 bits per heavy atom. The van der Waals surface area contributed by atoms with Gasteiger partial charge >= 0.3 is 0 Å². The Hall–Kier alpha value is -1.70. The van der Waals surface area contributed by atoms with Crippen LogP contribution in [0.1, 0.15) is 30.6 Å². The zero-order chi connectivity index (χ0) is 20.6. The molecule has 1 aliphatic carbocycles. The molecule has 0 aliphatic heterocycles. The molecular weight excluding hydrogens is 411 g/mol. The number of rotatable bonds is 6. The van der Waals surface area contributed by atoms with E-state index in [1.165, 1.54) is 6.07 Å². The Kier molecular flexibility index (Phi) is 6.27. The van der Waals surface area contributed by atoms with Crippen LogP contribution in [-0.4, -0.2) is 22.4 Å². The minimum absolute atomic E-state index is 0.182. The quantitative estimate of drug-likeness (QED) is 0.595. The number of thioether (sulfide) groups is 1. The maximum absolute atomic E-state index is 13.3. The number of hydrogen-bond donors (Lipinski definition) is 2. The fourth-order valence-corrected chi connectivity index (χ4v) is 4.93. The number of halogens is 4. The van der Waals surface area contributed by atoms with Crippen molar-refractivity contribution in [1.82, 2.24) is 0 Å². The molecule has 1 amide bonds. The van der Waals surface area contributed by atoms with Crippen LogP contribution in [0.15, 0.2) is 35.2 Å². The summed E-state index contributed by atoms with van der Waals surface area (Å²) in [6.07, 6.45) is 0.334. The third-order valence-corrected chi connectivity index (χ3v) is 6.87. The minimum Gasteiger partial charge on any atom is -0.393 e. The van der Waals surface area contributed by atoms with E-state index in [0.717, 1.165) is 4.90 Å². The number of aliphatic hydroxyl groups excluding tert-OH is 1. The average molecular weight is 430 g/mol. The normalized spacial score (nSPS) is 22.0. The summed E-state index contributed by atoms with van der Waals surface area (Å²) in [5, 5.41) is 12.7. The van der Waals surface area contributed by atoms with Crippen LogP contribution in [0.25, 0.3) is 0 Å². The molecule has 2 aromatic rings. The Morgan fingerprint density at radius 1 is 1.25 bits per heavy atom. The zero-order valence-electron chi connectivity index (χ0n) is 15.2. The smallest absolute Gasteiger partial charge is 0.255 e. The fraction of sp³-hybridized carbons (Fsp3) is 0.350. The summed E-state index contributed by atoms with van der Waals surface area (Å²) in [6.45, 7) is 3.86. The summed E-state index contributed by atoms with van der Waals surface area (Å²) < 4.78 is 39.7. The maximum Gasteiger partial charge on any atom is 0.255 e. The molecule has 1 fully saturated rings. The second kappa shape index (κ2) is 8.35. The number of anilines is 1. The van der Waals surface area contributed by atoms with E-state index in [9.17, 15) is 23.1 Å². The number of hydrogen-bond acceptors (Lipinski definition) is 3. The highest BCUT2D eigenvalue weighted by Gasteiger charge is 2.47. The van der Waals surface area contributed by atoms with Crippen molar-refractivity contribution in [1.29, 1.82) is 0 Å². The molecule has 0 spiro atoms. The lowest BCUT2D eigenvalue weighted by atomic mass is 10.2. The Morgan fingerprint density at radius 3 is 2.50 bits per heavy atom. The SMILES string of the molecule is CC(O)CC1C(C)C1Sc1cc(C(=O)Nc2cc(F)c(F)c(F)c2)ccc1Cl. The highest BCUT2D eigenvalue weighted by atomic mass is 35.5. The number of aliphatic hydroxyl groups is 1. The van der Waals surface area contributed by atoms with Gasteiger partial charge in [0.15, 0.2) is 17.5 Å². The van der Waals surface area contributed by atoms with Gasteiger partial charge in [-0.25, -0.2) is 13.2 Å². The van der Waals surface area contributed by atoms with E-state index < -0.39 is 23.4 Å². The van der Waals surface area contributed by atoms with Gasteiger partial charge in [-0.05, 0) is 43.4 Å². The van der Waals surface area contributed by atoms with Gasteiger partial charge in [-0.1, -0.05) is 18.5 Å². The van der Waals surface area contributed by atoms with Crippen molar-refractivity contribution in [3.05, 3.63) is 58.4 Å². The molecular formula is C20H19ClF3NO2S. The molecule has 2 N–H and O–H groups in total. The highest BCUT2D eigenvalue weighted by Crippen LogP contribution is 2.53. The number of carbonyl (C=O) groups is 1. The van der Waals surface area contributed by atoms with E-state index in [1.807, 2.05) is 0 Å². The molecule has 8 heteroatoms. The second-order valence-electron chi connectivity index (χ2n) is 7.04. The van der Waals surface area contributed by atoms with Crippen molar-refractivity contribution in [2.45, 2.75) is 36.5 Å². The van der Waals surface area contributed by atoms with Crippen LogP contribution in [0.5, 0.6) is 0 Å². The van der Waals surface area contributed by atoms with Gasteiger partial charge in [0.1, 0.15) is 0 Å². The zero-order valence-corrected chi connectivity index (χ0v) is 16.8. The molecule has 0 aromatic heterocycles. The fourth-order valence-electron chi connectivity index (χ4n) is 3.16. The molecule has 150 valence electrons. The lowest BCUT2D eigenvalue weighted by Crippen LogP contribution is -2.13. The van der Waals surface area contributed by atoms with Crippen molar-refractivity contribution in [3.8, 4) is 0 Å². The molecule has 4 atom stereocenters. The highest BCUT2D eigenvalue weighted by molar-refractivity contribution is 8.00. The third kappa shape index (κ3) is 4.64. The van der Waals surface area contributed by atoms with Crippen LogP contribution in [0.4, 0.5) is 18.9 Å². The van der Waals surface area contributed by atoms with E-state index in [1.54, 1.807) is 30.8 Å². The van der Waals surface area contributed by atoms with E-state index in [-0.39, 0.29) is 17.4 Å². The topological polar surface area (TPSA) is 49.3 Å². The lowest BCUT2D eigenvalue weighted by molar-refractivity contribution is 0.102. The van der Waals surface area contributed by atoms with Crippen LogP contribution in [0, 0.1) is 29.3 Å². The summed E-state index contributed by atoms with van der Waals surface area (Å²) in [6, 6.07) is 6.13. The Balaban J connectivity index is 1.73. The summed E-state index contributed by atoms with van der Waals surface area (Å²) in [5.41, 5.74) is 0.0794. The van der Waals surface area contributed by atoms with Crippen molar-refractivity contribution in [2.24, 2.45) is 11.8 Å². The first-order valence-electron chi connectivity index (χ1n) is 8.77. The summed E-state index contributed by atoms with van der Waals surface area (Å²) >= 11 is 7.80. The van der Waals surface area contributed by atoms with E-state index >= 15 is 0 Å². The maximum atomic E-state index is 13.3. The van der Waals surface area contributed by atoms with Crippen LogP contribution in [0.3, 0.4) is 0 Å². The summed E-state index contributed by atoms with van der Waals surface area (Å²) in [4.78, 5) is 13.1. The van der Waals surface area contributed by atoms with Crippen LogP contribution >= 0.6 is 23.4 Å². The van der Waals surface area contributed by atoms with E-state index in [2.05, 4.69) is 12.2 Å². The van der Waals surface area contributed by atoms with E-state index in [0.29, 0.717) is 40.7 Å². The van der Waals surface area contributed by atoms with Gasteiger partial charge in [0.05, 0.1) is 11.1 Å². The van der Waals surface area contributed by atoms with Crippen molar-refractivity contribution >= 4 is 35.0 Å². The number of nitrogens with one attached hydrogen (secondary N) is 1. The third-order valence-electron chi connectivity index (χ3n) is 4.79. The number of benzene rings is 2. The van der Waals surface area contributed by atoms with Gasteiger partial charge in [0, 0.05) is 33.5 Å². The molecule has 4 unspecified atom stereocenters. The molecule has 0 heterocycles. The predicted octanol–water partition coefficient (Wildman–Crippen LogP) is 5.51. The monoisotopic (exact) mass is 429 g/mol. The lowest BCUT2D eigenvalue weighted by Gasteiger charge is -2.10. The molecule has 2 aromatic carbocycles. The molecule has 1 saturated carbocycles. The first-order chi connectivity index (χ1) is 13.2. The first kappa shape index (κ1) is 21.0. The Bertz CT molecular complexity index is 886. The van der Waals surface area contributed by atoms with Crippen LogP contribution in [0.2, 0.25) is 5.02 Å². The van der Waals surface area contributed by atoms with Gasteiger partial charge in [0.25, 0.3) is 5.91 Å². The summed E-state index contributed by atoms with van der Waals surface area (Å²) in [7, 11) is 0. The van der Waals surface area contributed by atoms with Gasteiger partial charge in [-0.3, -0.25) is 4.79 Å². The molecule has 3 nitrogen and oxygen atoms in total. The van der Waals surface area contributed by atoms with Gasteiger partial charge in [-0.15, -0.1) is 11.8 Å². The largest absolute Gasteiger partial charge is 0.393 e. The number of amides is 1. The molecule has 28 heavy (non-hydrogen) atoms. The predicted molar refractivity (Wildman–Crippen MR) is 104 cm³/mol. The standard InChI is InChI=1S/C20H19ClF3NO2S/c1-9(26)5-13-10(2)19(13)28-17-6-11(3-4-14(17)21)20(27)25-12-7-15(22)18(24)16(23)8-12/h3-4,6-10,13,19,26H,5H2,1-2H3,(H,25,27). The second-order valence-corrected chi connectivity index (χ2v) is 8.67. The van der Waals surface area contributed by atoms with Crippen molar-refractivity contribution in [3.63, 3.8) is 0 Å². The van der Waals surface area contributed by atoms with Crippen molar-refractivity contribution in [2.75, 3.05) is 5.32 Å². The van der Waals surface area contributed by atoms with Crippen LogP contribution in [-0.2, 0) is 0 Å². The average Bonchev–Trinajstić information content (AvgIpc) is 3.21.